The molecule has 1 nitrogen and oxygen atoms in total. The van der Waals surface area contributed by atoms with Crippen LogP contribution >= 0.6 is 7.80 Å². The van der Waals surface area contributed by atoms with Crippen molar-refractivity contribution in [3.8, 4) is 22.3 Å². The van der Waals surface area contributed by atoms with E-state index in [1.807, 2.05) is 48.5 Å². The summed E-state index contributed by atoms with van der Waals surface area (Å²) >= 11 is 0. The zero-order valence-electron chi connectivity index (χ0n) is 10.8. The standard InChI is InChI=1S/C18H13OP/c19-20(13-7-2-1-3-8-13)17-12-6-11-16-14-9-4-5-10-15(14)18(16)17/h1-12,20H. The smallest absolute Gasteiger partial charge is 0.132 e. The Labute approximate surface area is 118 Å². The van der Waals surface area contributed by atoms with Crippen molar-refractivity contribution < 1.29 is 4.57 Å². The van der Waals surface area contributed by atoms with E-state index in [0.717, 1.165) is 10.6 Å². The van der Waals surface area contributed by atoms with E-state index >= 15 is 0 Å². The van der Waals surface area contributed by atoms with Gasteiger partial charge in [0.25, 0.3) is 0 Å². The van der Waals surface area contributed by atoms with Crippen LogP contribution < -0.4 is 10.6 Å². The van der Waals surface area contributed by atoms with Crippen molar-refractivity contribution >= 4 is 18.4 Å². The maximum absolute atomic E-state index is 12.8. The van der Waals surface area contributed by atoms with Gasteiger partial charge in [-0.25, -0.2) is 0 Å². The molecule has 0 fully saturated rings. The second-order valence-electron chi connectivity index (χ2n) is 4.97. The van der Waals surface area contributed by atoms with Crippen LogP contribution in [0.3, 0.4) is 0 Å². The van der Waals surface area contributed by atoms with Gasteiger partial charge in [0.2, 0.25) is 0 Å². The average molecular weight is 276 g/mol. The first-order chi connectivity index (χ1) is 9.86. The maximum Gasteiger partial charge on any atom is 0.132 e. The van der Waals surface area contributed by atoms with Crippen molar-refractivity contribution in [3.63, 3.8) is 0 Å². The molecule has 0 aliphatic heterocycles. The third-order valence-corrected chi connectivity index (χ3v) is 5.60. The van der Waals surface area contributed by atoms with Crippen LogP contribution in [-0.4, -0.2) is 0 Å². The molecule has 0 radical (unpaired) electrons. The molecule has 3 aromatic carbocycles. The summed E-state index contributed by atoms with van der Waals surface area (Å²) in [5, 5.41) is 1.91. The van der Waals surface area contributed by atoms with Crippen molar-refractivity contribution in [2.75, 3.05) is 0 Å². The van der Waals surface area contributed by atoms with E-state index in [1.165, 1.54) is 22.3 Å². The number of fused-ring (bicyclic) bond motifs is 4. The molecule has 2 heteroatoms. The molecule has 0 spiro atoms. The molecule has 3 aromatic rings. The molecule has 1 atom stereocenters. The first-order valence-corrected chi connectivity index (χ1v) is 8.09. The van der Waals surface area contributed by atoms with Gasteiger partial charge in [-0.2, -0.15) is 0 Å². The summed E-state index contributed by atoms with van der Waals surface area (Å²) < 4.78 is 12.8. The number of hydrogen-bond donors (Lipinski definition) is 0. The second kappa shape index (κ2) is 4.47. The zero-order valence-corrected chi connectivity index (χ0v) is 11.8. The highest BCUT2D eigenvalue weighted by Gasteiger charge is 2.26. The van der Waals surface area contributed by atoms with E-state index in [2.05, 4.69) is 24.3 Å². The van der Waals surface area contributed by atoms with Crippen LogP contribution in [0.4, 0.5) is 0 Å². The molecule has 0 bridgehead atoms. The van der Waals surface area contributed by atoms with Gasteiger partial charge in [-0.1, -0.05) is 72.8 Å². The molecular formula is C18H13OP. The Bertz CT molecular complexity index is 822. The van der Waals surface area contributed by atoms with E-state index in [9.17, 15) is 4.57 Å². The molecule has 0 N–H and O–H groups in total. The monoisotopic (exact) mass is 276 g/mol. The lowest BCUT2D eigenvalue weighted by atomic mass is 9.81. The van der Waals surface area contributed by atoms with E-state index in [-0.39, 0.29) is 0 Å². The van der Waals surface area contributed by atoms with Crippen LogP contribution in [0.1, 0.15) is 0 Å². The molecule has 20 heavy (non-hydrogen) atoms. The fourth-order valence-electron chi connectivity index (χ4n) is 2.87. The molecule has 4 rings (SSSR count). The molecule has 0 amide bonds. The Morgan fingerprint density at radius 2 is 1.25 bits per heavy atom. The Hall–Kier alpha value is -2.11. The van der Waals surface area contributed by atoms with Gasteiger partial charge in [-0.05, 0) is 16.7 Å². The summed E-state index contributed by atoms with van der Waals surface area (Å²) in [5.74, 6) is 0. The van der Waals surface area contributed by atoms with E-state index in [4.69, 9.17) is 0 Å². The van der Waals surface area contributed by atoms with Crippen LogP contribution in [0.5, 0.6) is 0 Å². The molecule has 1 aliphatic carbocycles. The van der Waals surface area contributed by atoms with Gasteiger partial charge in [-0.3, -0.25) is 0 Å². The molecule has 0 saturated carbocycles. The summed E-state index contributed by atoms with van der Waals surface area (Å²) in [5.41, 5.74) is 4.91. The fraction of sp³-hybridized carbons (Fsp3) is 0. The first kappa shape index (κ1) is 11.7. The topological polar surface area (TPSA) is 17.1 Å². The van der Waals surface area contributed by atoms with Gasteiger partial charge in [0.15, 0.2) is 0 Å². The summed E-state index contributed by atoms with van der Waals surface area (Å²) in [4.78, 5) is 0. The van der Waals surface area contributed by atoms with E-state index in [0.29, 0.717) is 0 Å². The molecule has 96 valence electrons. The zero-order chi connectivity index (χ0) is 13.5. The Balaban J connectivity index is 1.87. The normalized spacial score (nSPS) is 13.0. The Morgan fingerprint density at radius 3 is 2.05 bits per heavy atom. The SMILES string of the molecule is O=[PH](c1ccccc1)c1cccc2c1-c1ccccc1-2. The van der Waals surface area contributed by atoms with Gasteiger partial charge in [0.05, 0.1) is 0 Å². The molecule has 0 saturated heterocycles. The molecule has 0 heterocycles. The minimum atomic E-state index is -1.94. The van der Waals surface area contributed by atoms with Crippen LogP contribution in [0.15, 0.2) is 72.8 Å². The van der Waals surface area contributed by atoms with E-state index < -0.39 is 7.80 Å². The third kappa shape index (κ3) is 1.60. The summed E-state index contributed by atoms with van der Waals surface area (Å²) in [7, 11) is -1.94. The first-order valence-electron chi connectivity index (χ1n) is 6.69. The lowest BCUT2D eigenvalue weighted by Gasteiger charge is -2.26. The van der Waals surface area contributed by atoms with Gasteiger partial charge < -0.3 is 4.57 Å². The van der Waals surface area contributed by atoms with E-state index in [1.54, 1.807) is 0 Å². The molecule has 1 unspecified atom stereocenters. The lowest BCUT2D eigenvalue weighted by Crippen LogP contribution is -2.14. The van der Waals surface area contributed by atoms with Crippen molar-refractivity contribution in [2.24, 2.45) is 0 Å². The van der Waals surface area contributed by atoms with Gasteiger partial charge in [-0.15, -0.1) is 0 Å². The minimum absolute atomic E-state index is 0.926. The van der Waals surface area contributed by atoms with Gasteiger partial charge in [0.1, 0.15) is 7.80 Å². The quantitative estimate of drug-likeness (QED) is 0.508. The second-order valence-corrected chi connectivity index (χ2v) is 6.74. The van der Waals surface area contributed by atoms with Gasteiger partial charge in [0, 0.05) is 16.2 Å². The highest BCUT2D eigenvalue weighted by atomic mass is 31.1. The van der Waals surface area contributed by atoms with Crippen molar-refractivity contribution in [2.45, 2.75) is 0 Å². The Kier molecular flexibility index (Phi) is 2.61. The predicted molar refractivity (Wildman–Crippen MR) is 85.6 cm³/mol. The number of hydrogen-bond acceptors (Lipinski definition) is 1. The largest absolute Gasteiger partial charge is 0.317 e. The third-order valence-electron chi connectivity index (χ3n) is 3.83. The van der Waals surface area contributed by atoms with Gasteiger partial charge >= 0.3 is 0 Å². The van der Waals surface area contributed by atoms with Crippen molar-refractivity contribution in [1.29, 1.82) is 0 Å². The summed E-state index contributed by atoms with van der Waals surface area (Å²) in [6.45, 7) is 0. The van der Waals surface area contributed by atoms with Crippen LogP contribution in [0.25, 0.3) is 22.3 Å². The summed E-state index contributed by atoms with van der Waals surface area (Å²) in [6.07, 6.45) is 0. The molecule has 0 aromatic heterocycles. The maximum atomic E-state index is 12.8. The molecule has 1 aliphatic rings. The van der Waals surface area contributed by atoms with Crippen LogP contribution in [0, 0.1) is 0 Å². The molecular weight excluding hydrogens is 263 g/mol. The Morgan fingerprint density at radius 1 is 0.600 bits per heavy atom. The van der Waals surface area contributed by atoms with Crippen LogP contribution in [-0.2, 0) is 4.57 Å². The van der Waals surface area contributed by atoms with Crippen molar-refractivity contribution in [1.82, 2.24) is 0 Å². The number of rotatable bonds is 2. The number of benzene rings is 3. The average Bonchev–Trinajstić information content (AvgIpc) is 2.52. The lowest BCUT2D eigenvalue weighted by molar-refractivity contribution is 0.598. The highest BCUT2D eigenvalue weighted by Crippen LogP contribution is 2.47. The van der Waals surface area contributed by atoms with Crippen molar-refractivity contribution in [3.05, 3.63) is 72.8 Å². The fourth-order valence-corrected chi connectivity index (χ4v) is 4.42. The van der Waals surface area contributed by atoms with Crippen LogP contribution in [0.2, 0.25) is 0 Å². The minimum Gasteiger partial charge on any atom is -0.317 e. The highest BCUT2D eigenvalue weighted by molar-refractivity contribution is 7.61. The summed E-state index contributed by atoms with van der Waals surface area (Å²) in [6, 6.07) is 24.2. The predicted octanol–water partition coefficient (Wildman–Crippen LogP) is 3.84.